The smallest absolute Gasteiger partial charge is 0.321 e. The molecule has 15 heteroatoms. The monoisotopic (exact) mass is 502 g/mol. The lowest BCUT2D eigenvalue weighted by molar-refractivity contribution is -0.139. The van der Waals surface area contributed by atoms with Crippen LogP contribution in [0.15, 0.2) is 29.2 Å². The summed E-state index contributed by atoms with van der Waals surface area (Å²) < 4.78 is 118. The van der Waals surface area contributed by atoms with Crippen LogP contribution < -0.4 is 10.5 Å². The summed E-state index contributed by atoms with van der Waals surface area (Å²) in [6.45, 7) is -0.620. The number of alkyl halides is 7. The van der Waals surface area contributed by atoms with Crippen LogP contribution in [0.2, 0.25) is 0 Å². The van der Waals surface area contributed by atoms with Gasteiger partial charge in [-0.05, 0) is 30.5 Å². The summed E-state index contributed by atoms with van der Waals surface area (Å²) in [4.78, 5) is 12.3. The Bertz CT molecular complexity index is 1160. The molecular weight excluding hydrogens is 485 g/mol. The minimum atomic E-state index is -5.42. The standard InChI is InChI=1S/C18H17F7N4O3S/c19-15(20)13-12(18(23,24)25)14(29(28-13)8-9-4-5-17(21,22)7-9)16(30)27-10-2-1-3-11(6-10)33(26,31)32/h1-3,6,9,15H,4-5,7-8H2,(H,27,30)(H2,26,31,32). The van der Waals surface area contributed by atoms with Gasteiger partial charge < -0.3 is 5.32 Å². The average Bonchev–Trinajstić information content (AvgIpc) is 3.21. The summed E-state index contributed by atoms with van der Waals surface area (Å²) >= 11 is 0. The highest BCUT2D eigenvalue weighted by atomic mass is 32.2. The molecule has 7 nitrogen and oxygen atoms in total. The number of halogens is 7. The van der Waals surface area contributed by atoms with Gasteiger partial charge in [-0.2, -0.15) is 18.3 Å². The lowest BCUT2D eigenvalue weighted by atomic mass is 10.1. The molecule has 0 saturated heterocycles. The van der Waals surface area contributed by atoms with E-state index < -0.39 is 81.6 Å². The molecule has 1 atom stereocenters. The first kappa shape index (κ1) is 25.0. The number of nitrogens with two attached hydrogens (primary N) is 1. The Balaban J connectivity index is 2.05. The van der Waals surface area contributed by atoms with Crippen molar-refractivity contribution in [2.24, 2.45) is 11.1 Å². The highest BCUT2D eigenvalue weighted by Crippen LogP contribution is 2.42. The van der Waals surface area contributed by atoms with Crippen LogP contribution in [0, 0.1) is 5.92 Å². The van der Waals surface area contributed by atoms with Crippen molar-refractivity contribution < 1.29 is 43.9 Å². The van der Waals surface area contributed by atoms with E-state index in [1.165, 1.54) is 0 Å². The van der Waals surface area contributed by atoms with Crippen LogP contribution in [0.1, 0.15) is 47.4 Å². The third kappa shape index (κ3) is 5.63. The van der Waals surface area contributed by atoms with Gasteiger partial charge in [-0.15, -0.1) is 0 Å². The molecule has 182 valence electrons. The van der Waals surface area contributed by atoms with E-state index in [1.54, 1.807) is 0 Å². The van der Waals surface area contributed by atoms with Gasteiger partial charge in [0.25, 0.3) is 12.3 Å². The molecular formula is C18H17F7N4O3S. The number of aromatic nitrogens is 2. The van der Waals surface area contributed by atoms with Crippen LogP contribution in [0.25, 0.3) is 0 Å². The predicted molar refractivity (Wildman–Crippen MR) is 100 cm³/mol. The number of benzene rings is 1. The van der Waals surface area contributed by atoms with Gasteiger partial charge in [0.2, 0.25) is 15.9 Å². The summed E-state index contributed by atoms with van der Waals surface area (Å²) in [7, 11) is -4.22. The summed E-state index contributed by atoms with van der Waals surface area (Å²) in [5.41, 5.74) is -5.30. The van der Waals surface area contributed by atoms with E-state index in [4.69, 9.17) is 5.14 Å². The second-order valence-corrected chi connectivity index (χ2v) is 9.14. The summed E-state index contributed by atoms with van der Waals surface area (Å²) in [6.07, 6.45) is -10.5. The SMILES string of the molecule is NS(=O)(=O)c1cccc(NC(=O)c2c(C(F)(F)F)c(C(F)F)nn2CC2CCC(F)(F)C2)c1. The maximum atomic E-state index is 13.7. The number of hydrogen-bond acceptors (Lipinski definition) is 4. The Hall–Kier alpha value is -2.68. The molecule has 1 amide bonds. The van der Waals surface area contributed by atoms with Crippen LogP contribution in [-0.4, -0.2) is 30.0 Å². The summed E-state index contributed by atoms with van der Waals surface area (Å²) in [6, 6.07) is 4.19. The van der Waals surface area contributed by atoms with E-state index in [0.717, 1.165) is 24.3 Å². The van der Waals surface area contributed by atoms with Gasteiger partial charge in [-0.25, -0.2) is 31.1 Å². The Morgan fingerprint density at radius 1 is 1.30 bits per heavy atom. The molecule has 1 heterocycles. The first-order valence-corrected chi connectivity index (χ1v) is 10.9. The molecule has 33 heavy (non-hydrogen) atoms. The van der Waals surface area contributed by atoms with Gasteiger partial charge >= 0.3 is 6.18 Å². The largest absolute Gasteiger partial charge is 0.420 e. The normalized spacial score (nSPS) is 18.6. The average molecular weight is 502 g/mol. The Morgan fingerprint density at radius 3 is 2.48 bits per heavy atom. The van der Waals surface area contributed by atoms with Crippen molar-refractivity contribution >= 4 is 21.6 Å². The molecule has 1 aliphatic rings. The zero-order valence-electron chi connectivity index (χ0n) is 16.5. The summed E-state index contributed by atoms with van der Waals surface area (Å²) in [5, 5.41) is 10.2. The zero-order chi connectivity index (χ0) is 24.8. The molecule has 1 saturated carbocycles. The zero-order valence-corrected chi connectivity index (χ0v) is 17.4. The molecule has 0 aliphatic heterocycles. The summed E-state index contributed by atoms with van der Waals surface area (Å²) in [5.74, 6) is -5.49. The van der Waals surface area contributed by atoms with Crippen LogP contribution >= 0.6 is 0 Å². The van der Waals surface area contributed by atoms with Crippen molar-refractivity contribution in [3.8, 4) is 0 Å². The van der Waals surface area contributed by atoms with E-state index in [2.05, 4.69) is 5.10 Å². The van der Waals surface area contributed by atoms with Crippen molar-refractivity contribution in [2.75, 3.05) is 5.32 Å². The van der Waals surface area contributed by atoms with Gasteiger partial charge in [0.1, 0.15) is 17.0 Å². The minimum absolute atomic E-state index is 0.102. The van der Waals surface area contributed by atoms with Gasteiger partial charge in [-0.1, -0.05) is 6.07 Å². The van der Waals surface area contributed by atoms with Crippen molar-refractivity contribution in [1.29, 1.82) is 0 Å². The number of hydrogen-bond donors (Lipinski definition) is 2. The predicted octanol–water partition coefficient (Wildman–Crippen LogP) is 4.17. The fourth-order valence-electron chi connectivity index (χ4n) is 3.66. The molecule has 1 aliphatic carbocycles. The number of nitrogens with one attached hydrogen (secondary N) is 1. The van der Waals surface area contributed by atoms with Crippen molar-refractivity contribution in [2.45, 2.75) is 49.2 Å². The molecule has 1 aromatic carbocycles. The molecule has 1 aromatic heterocycles. The lowest BCUT2D eigenvalue weighted by Crippen LogP contribution is -2.24. The van der Waals surface area contributed by atoms with Gasteiger partial charge in [0, 0.05) is 25.1 Å². The Kier molecular flexibility index (Phi) is 6.50. The first-order chi connectivity index (χ1) is 15.1. The number of rotatable bonds is 6. The maximum Gasteiger partial charge on any atom is 0.420 e. The van der Waals surface area contributed by atoms with Crippen LogP contribution in [-0.2, 0) is 22.7 Å². The van der Waals surface area contributed by atoms with Crippen LogP contribution in [0.5, 0.6) is 0 Å². The van der Waals surface area contributed by atoms with E-state index in [1.807, 2.05) is 5.32 Å². The third-order valence-corrected chi connectivity index (χ3v) is 5.95. The lowest BCUT2D eigenvalue weighted by Gasteiger charge is -2.15. The number of carbonyl (C=O) groups is 1. The number of nitrogens with zero attached hydrogens (tertiary/aromatic N) is 2. The molecule has 1 unspecified atom stereocenters. The van der Waals surface area contributed by atoms with E-state index >= 15 is 0 Å². The highest BCUT2D eigenvalue weighted by Gasteiger charge is 2.46. The van der Waals surface area contributed by atoms with Gasteiger partial charge in [-0.3, -0.25) is 9.48 Å². The molecule has 0 bridgehead atoms. The van der Waals surface area contributed by atoms with Crippen molar-refractivity contribution in [1.82, 2.24) is 9.78 Å². The highest BCUT2D eigenvalue weighted by molar-refractivity contribution is 7.89. The quantitative estimate of drug-likeness (QED) is 0.578. The van der Waals surface area contributed by atoms with E-state index in [-0.39, 0.29) is 12.1 Å². The van der Waals surface area contributed by atoms with E-state index in [0.29, 0.717) is 4.68 Å². The first-order valence-electron chi connectivity index (χ1n) is 9.36. The Morgan fingerprint density at radius 2 is 1.97 bits per heavy atom. The molecule has 0 radical (unpaired) electrons. The van der Waals surface area contributed by atoms with Crippen molar-refractivity contribution in [3.63, 3.8) is 0 Å². The number of amides is 1. The molecule has 1 fully saturated rings. The minimum Gasteiger partial charge on any atom is -0.321 e. The fraction of sp³-hybridized carbons (Fsp3) is 0.444. The van der Waals surface area contributed by atoms with Crippen LogP contribution in [0.4, 0.5) is 36.4 Å². The topological polar surface area (TPSA) is 107 Å². The van der Waals surface area contributed by atoms with E-state index in [9.17, 15) is 43.9 Å². The van der Waals surface area contributed by atoms with Gasteiger partial charge in [0.05, 0.1) is 4.90 Å². The second kappa shape index (κ2) is 8.59. The molecule has 2 aromatic rings. The molecule has 3 N–H and O–H groups in total. The molecule has 0 spiro atoms. The van der Waals surface area contributed by atoms with Gasteiger partial charge in [0.15, 0.2) is 0 Å². The number of primary sulfonamides is 1. The number of anilines is 1. The number of carbonyl (C=O) groups excluding carboxylic acids is 1. The molecule has 3 rings (SSSR count). The van der Waals surface area contributed by atoms with Crippen LogP contribution in [0.3, 0.4) is 0 Å². The fourth-order valence-corrected chi connectivity index (χ4v) is 4.22. The second-order valence-electron chi connectivity index (χ2n) is 7.58. The maximum absolute atomic E-state index is 13.7. The number of sulfonamides is 1. The van der Waals surface area contributed by atoms with Crippen molar-refractivity contribution in [3.05, 3.63) is 41.2 Å². The third-order valence-electron chi connectivity index (χ3n) is 5.04. The Labute approximate surface area is 182 Å².